The summed E-state index contributed by atoms with van der Waals surface area (Å²) in [6.07, 6.45) is 0. The van der Waals surface area contributed by atoms with Crippen molar-refractivity contribution < 1.29 is 23.8 Å². The molecule has 5 rings (SSSR count). The zero-order valence-electron chi connectivity index (χ0n) is 23.5. The molecule has 1 heterocycles. The Morgan fingerprint density at radius 2 is 1.58 bits per heavy atom. The molecule has 2 amide bonds. The van der Waals surface area contributed by atoms with Crippen molar-refractivity contribution in [2.45, 2.75) is 10.1 Å². The number of aromatic nitrogens is 1. The van der Waals surface area contributed by atoms with Gasteiger partial charge in [0.15, 0.2) is 23.2 Å². The molecule has 4 aromatic carbocycles. The molecule has 0 spiro atoms. The Balaban J connectivity index is 1.28. The van der Waals surface area contributed by atoms with E-state index in [1.807, 2.05) is 90.3 Å². The first kappa shape index (κ1) is 29.7. The molecule has 0 aliphatic rings. The summed E-state index contributed by atoms with van der Waals surface area (Å²) in [5.74, 6) is 1.35. The van der Waals surface area contributed by atoms with Crippen molar-refractivity contribution in [2.24, 2.45) is 0 Å². The van der Waals surface area contributed by atoms with Crippen LogP contribution < -0.4 is 24.8 Å². The Kier molecular flexibility index (Phi) is 9.94. The fourth-order valence-electron chi connectivity index (χ4n) is 4.18. The number of thiazole rings is 1. The van der Waals surface area contributed by atoms with E-state index in [0.717, 1.165) is 16.0 Å². The van der Waals surface area contributed by atoms with E-state index in [9.17, 15) is 9.59 Å². The zero-order chi connectivity index (χ0) is 30.0. The van der Waals surface area contributed by atoms with Gasteiger partial charge in [0.05, 0.1) is 19.9 Å². The van der Waals surface area contributed by atoms with Gasteiger partial charge in [-0.3, -0.25) is 9.59 Å². The molecule has 5 aromatic rings. The van der Waals surface area contributed by atoms with Crippen LogP contribution in [0.5, 0.6) is 17.2 Å². The molecule has 8 nitrogen and oxygen atoms in total. The van der Waals surface area contributed by atoms with Gasteiger partial charge in [0.1, 0.15) is 11.0 Å². The molecule has 1 atom stereocenters. The molecule has 0 saturated heterocycles. The van der Waals surface area contributed by atoms with Crippen LogP contribution in [-0.2, 0) is 9.59 Å². The van der Waals surface area contributed by atoms with Gasteiger partial charge in [0.2, 0.25) is 5.91 Å². The first-order valence-electron chi connectivity index (χ1n) is 13.3. The summed E-state index contributed by atoms with van der Waals surface area (Å²) in [6, 6.07) is 31.7. The lowest BCUT2D eigenvalue weighted by atomic mass is 10.1. The van der Waals surface area contributed by atoms with Gasteiger partial charge in [-0.05, 0) is 54.1 Å². The number of hydrogen-bond acceptors (Lipinski definition) is 8. The predicted molar refractivity (Wildman–Crippen MR) is 171 cm³/mol. The lowest BCUT2D eigenvalue weighted by molar-refractivity contribution is -0.118. The molecule has 0 fully saturated rings. The maximum atomic E-state index is 13.6. The van der Waals surface area contributed by atoms with Crippen LogP contribution in [0.1, 0.15) is 10.8 Å². The molecule has 0 aliphatic heterocycles. The zero-order valence-corrected chi connectivity index (χ0v) is 25.1. The number of thioether (sulfide) groups is 1. The number of amides is 2. The van der Waals surface area contributed by atoms with Crippen molar-refractivity contribution in [3.05, 3.63) is 114 Å². The van der Waals surface area contributed by atoms with Gasteiger partial charge in [0, 0.05) is 21.5 Å². The van der Waals surface area contributed by atoms with E-state index in [2.05, 4.69) is 15.6 Å². The standard InChI is InChI=1S/C33H29N3O5S2/c1-39-28-17-16-23(18-29(28)40-2)27-21-42-33(35-27)36-32(38)31(22-10-5-3-6-11-22)43-26-15-9-12-24(19-26)34-30(37)20-41-25-13-7-4-8-14-25/h3-19,21,31H,20H2,1-2H3,(H,34,37)(H,35,36,38). The lowest BCUT2D eigenvalue weighted by Crippen LogP contribution is -2.20. The molecule has 2 N–H and O–H groups in total. The summed E-state index contributed by atoms with van der Waals surface area (Å²) in [5.41, 5.74) is 3.01. The summed E-state index contributed by atoms with van der Waals surface area (Å²) < 4.78 is 16.3. The van der Waals surface area contributed by atoms with E-state index in [1.54, 1.807) is 32.4 Å². The van der Waals surface area contributed by atoms with Crippen molar-refractivity contribution in [3.63, 3.8) is 0 Å². The van der Waals surface area contributed by atoms with Crippen LogP contribution in [0.4, 0.5) is 10.8 Å². The summed E-state index contributed by atoms with van der Waals surface area (Å²) in [5, 5.41) is 7.65. The Labute approximate surface area is 258 Å². The summed E-state index contributed by atoms with van der Waals surface area (Å²) in [4.78, 5) is 31.6. The lowest BCUT2D eigenvalue weighted by Gasteiger charge is -2.17. The number of carbonyl (C=O) groups excluding carboxylic acids is 2. The number of ether oxygens (including phenoxy) is 3. The Bertz CT molecular complexity index is 1680. The van der Waals surface area contributed by atoms with Crippen LogP contribution in [0.3, 0.4) is 0 Å². The van der Waals surface area contributed by atoms with Crippen LogP contribution >= 0.6 is 23.1 Å². The third-order valence-electron chi connectivity index (χ3n) is 6.24. The minimum atomic E-state index is -0.568. The molecule has 1 aromatic heterocycles. The Morgan fingerprint density at radius 1 is 0.837 bits per heavy atom. The summed E-state index contributed by atoms with van der Waals surface area (Å²) >= 11 is 2.73. The summed E-state index contributed by atoms with van der Waals surface area (Å²) in [6.45, 7) is -0.116. The smallest absolute Gasteiger partial charge is 0.262 e. The fourth-order valence-corrected chi connectivity index (χ4v) is 5.98. The van der Waals surface area contributed by atoms with E-state index in [1.165, 1.54) is 23.1 Å². The average molecular weight is 612 g/mol. The van der Waals surface area contributed by atoms with E-state index in [0.29, 0.717) is 33.8 Å². The second kappa shape index (κ2) is 14.4. The maximum absolute atomic E-state index is 13.6. The highest BCUT2D eigenvalue weighted by Gasteiger charge is 2.23. The fraction of sp³-hybridized carbons (Fsp3) is 0.121. The number of nitrogens with zero attached hydrogens (tertiary/aromatic N) is 1. The van der Waals surface area contributed by atoms with Crippen molar-refractivity contribution in [1.29, 1.82) is 0 Å². The molecule has 1 unspecified atom stereocenters. The number of hydrogen-bond donors (Lipinski definition) is 2. The molecule has 218 valence electrons. The van der Waals surface area contributed by atoms with E-state index < -0.39 is 5.25 Å². The number of rotatable bonds is 12. The number of anilines is 2. The van der Waals surface area contributed by atoms with Crippen molar-refractivity contribution in [3.8, 4) is 28.5 Å². The van der Waals surface area contributed by atoms with Crippen molar-refractivity contribution in [1.82, 2.24) is 4.98 Å². The molecule has 10 heteroatoms. The third-order valence-corrected chi connectivity index (χ3v) is 8.24. The molecule has 43 heavy (non-hydrogen) atoms. The molecule has 0 aliphatic carbocycles. The first-order valence-corrected chi connectivity index (χ1v) is 15.1. The van der Waals surface area contributed by atoms with Crippen molar-refractivity contribution in [2.75, 3.05) is 31.5 Å². The normalized spacial score (nSPS) is 11.3. The second-order valence-electron chi connectivity index (χ2n) is 9.18. The first-order chi connectivity index (χ1) is 21.0. The number of methoxy groups -OCH3 is 2. The third kappa shape index (κ3) is 7.94. The van der Waals surface area contributed by atoms with Crippen LogP contribution in [0.15, 0.2) is 113 Å². The molecule has 0 bridgehead atoms. The second-order valence-corrected chi connectivity index (χ2v) is 11.2. The highest BCUT2D eigenvalue weighted by Crippen LogP contribution is 2.38. The molecule has 0 saturated carbocycles. The number of nitrogens with one attached hydrogen (secondary N) is 2. The van der Waals surface area contributed by atoms with Gasteiger partial charge in [-0.2, -0.15) is 0 Å². The maximum Gasteiger partial charge on any atom is 0.262 e. The molecular weight excluding hydrogens is 583 g/mol. The largest absolute Gasteiger partial charge is 0.493 e. The van der Waals surface area contributed by atoms with E-state index >= 15 is 0 Å². The average Bonchev–Trinajstić information content (AvgIpc) is 3.51. The quantitative estimate of drug-likeness (QED) is 0.143. The summed E-state index contributed by atoms with van der Waals surface area (Å²) in [7, 11) is 3.17. The van der Waals surface area contributed by atoms with Gasteiger partial charge in [-0.25, -0.2) is 4.98 Å². The van der Waals surface area contributed by atoms with Gasteiger partial charge in [0.25, 0.3) is 5.91 Å². The van der Waals surface area contributed by atoms with Crippen molar-refractivity contribution >= 4 is 45.7 Å². The Morgan fingerprint density at radius 3 is 2.33 bits per heavy atom. The highest BCUT2D eigenvalue weighted by atomic mass is 32.2. The number of benzene rings is 4. The van der Waals surface area contributed by atoms with Gasteiger partial charge >= 0.3 is 0 Å². The van der Waals surface area contributed by atoms with Gasteiger partial charge in [-0.15, -0.1) is 23.1 Å². The number of para-hydroxylation sites is 1. The highest BCUT2D eigenvalue weighted by molar-refractivity contribution is 8.00. The monoisotopic (exact) mass is 611 g/mol. The van der Waals surface area contributed by atoms with Gasteiger partial charge < -0.3 is 24.8 Å². The van der Waals surface area contributed by atoms with Crippen LogP contribution in [0.25, 0.3) is 11.3 Å². The Hall–Kier alpha value is -4.80. The topological polar surface area (TPSA) is 98.8 Å². The molecular formula is C33H29N3O5S2. The minimum absolute atomic E-state index is 0.116. The number of carbonyl (C=O) groups is 2. The van der Waals surface area contributed by atoms with Crippen LogP contribution in [0.2, 0.25) is 0 Å². The predicted octanol–water partition coefficient (Wildman–Crippen LogP) is 7.32. The van der Waals surface area contributed by atoms with Crippen LogP contribution in [-0.4, -0.2) is 37.6 Å². The van der Waals surface area contributed by atoms with E-state index in [4.69, 9.17) is 14.2 Å². The van der Waals surface area contributed by atoms with E-state index in [-0.39, 0.29) is 18.4 Å². The van der Waals surface area contributed by atoms with Crippen LogP contribution in [0, 0.1) is 0 Å². The minimum Gasteiger partial charge on any atom is -0.493 e. The van der Waals surface area contributed by atoms with Gasteiger partial charge in [-0.1, -0.05) is 54.6 Å². The molecule has 0 radical (unpaired) electrons. The SMILES string of the molecule is COc1ccc(-c2csc(NC(=O)C(Sc3cccc(NC(=O)COc4ccccc4)c3)c3ccccc3)n2)cc1OC.